The van der Waals surface area contributed by atoms with Crippen molar-refractivity contribution in [3.8, 4) is 0 Å². The lowest BCUT2D eigenvalue weighted by molar-refractivity contribution is -0.148. The number of benzene rings is 1. The van der Waals surface area contributed by atoms with Gasteiger partial charge in [-0.2, -0.15) is 0 Å². The minimum atomic E-state index is -1.27. The minimum Gasteiger partial charge on any atom is -0.468 e. The number of esters is 1. The summed E-state index contributed by atoms with van der Waals surface area (Å²) in [6.45, 7) is 2.70. The highest BCUT2D eigenvalue weighted by atomic mass is 35.5. The summed E-state index contributed by atoms with van der Waals surface area (Å²) < 4.78 is 10.4. The molecule has 4 rings (SSSR count). The third-order valence-electron chi connectivity index (χ3n) is 5.20. The number of ether oxygens (including phenoxy) is 2. The van der Waals surface area contributed by atoms with Gasteiger partial charge in [-0.05, 0) is 18.4 Å². The molecule has 0 radical (unpaired) electrons. The molecule has 1 aliphatic carbocycles. The third kappa shape index (κ3) is 3.13. The van der Waals surface area contributed by atoms with Gasteiger partial charge < -0.3 is 9.47 Å². The zero-order chi connectivity index (χ0) is 18.1. The number of methoxy groups -OCH3 is 1. The molecule has 1 amide bonds. The van der Waals surface area contributed by atoms with Crippen LogP contribution >= 0.6 is 11.6 Å². The van der Waals surface area contributed by atoms with E-state index in [0.29, 0.717) is 13.0 Å². The molecule has 1 aromatic carbocycles. The van der Waals surface area contributed by atoms with Gasteiger partial charge in [0.15, 0.2) is 4.87 Å². The van der Waals surface area contributed by atoms with E-state index in [2.05, 4.69) is 6.08 Å². The number of hydrogen-bond donors (Lipinski definition) is 0. The molecule has 1 saturated heterocycles. The molecule has 3 atom stereocenters. The first kappa shape index (κ1) is 17.8. The van der Waals surface area contributed by atoms with Gasteiger partial charge in [0.2, 0.25) is 0 Å². The molecule has 0 unspecified atom stereocenters. The highest BCUT2D eigenvalue weighted by Gasteiger charge is 2.59. The maximum Gasteiger partial charge on any atom is 0.410 e. The highest BCUT2D eigenvalue weighted by molar-refractivity contribution is 6.35. The second kappa shape index (κ2) is 6.71. The number of carbonyl (C=O) groups is 2. The fraction of sp³-hybridized carbons (Fsp3) is 0.474. The van der Waals surface area contributed by atoms with Gasteiger partial charge in [-0.1, -0.05) is 49.4 Å². The van der Waals surface area contributed by atoms with Crippen molar-refractivity contribution in [2.75, 3.05) is 13.7 Å². The summed E-state index contributed by atoms with van der Waals surface area (Å²) in [5.74, 6) is -0.512. The van der Waals surface area contributed by atoms with Crippen LogP contribution in [0.3, 0.4) is 0 Å². The van der Waals surface area contributed by atoms with E-state index in [0.717, 1.165) is 12.0 Å². The van der Waals surface area contributed by atoms with E-state index in [-0.39, 0.29) is 12.0 Å². The van der Waals surface area contributed by atoms with Gasteiger partial charge in [0.05, 0.1) is 13.2 Å². The van der Waals surface area contributed by atoms with Crippen LogP contribution in [-0.2, 0) is 20.9 Å². The molecule has 2 heterocycles. The van der Waals surface area contributed by atoms with Crippen LogP contribution in [0.25, 0.3) is 0 Å². The smallest absolute Gasteiger partial charge is 0.410 e. The predicted molar refractivity (Wildman–Crippen MR) is 94.2 cm³/mol. The Hall–Kier alpha value is -2.01. The molecule has 1 aromatic rings. The van der Waals surface area contributed by atoms with Crippen molar-refractivity contribution >= 4 is 23.7 Å². The van der Waals surface area contributed by atoms with Crippen LogP contribution in [0.5, 0.6) is 0 Å². The first-order chi connectivity index (χ1) is 11.9. The van der Waals surface area contributed by atoms with Crippen molar-refractivity contribution in [2.24, 2.45) is 5.41 Å². The summed E-state index contributed by atoms with van der Waals surface area (Å²) in [7, 11) is 1.31. The van der Waals surface area contributed by atoms with Gasteiger partial charge in [-0.15, -0.1) is 11.6 Å². The van der Waals surface area contributed by atoms with Crippen LogP contribution in [0.1, 0.15) is 25.3 Å². The molecule has 2 bridgehead atoms. The Labute approximate surface area is 152 Å². The molecular formula is C19H22ClNO4. The molecule has 6 heteroatoms. The number of nitrogens with zero attached hydrogens (tertiary/aromatic N) is 1. The van der Waals surface area contributed by atoms with Crippen LogP contribution in [0.15, 0.2) is 42.5 Å². The topological polar surface area (TPSA) is 55.8 Å². The number of halogens is 1. The van der Waals surface area contributed by atoms with E-state index < -0.39 is 23.0 Å². The van der Waals surface area contributed by atoms with E-state index in [1.807, 2.05) is 43.3 Å². The lowest BCUT2D eigenvalue weighted by Gasteiger charge is -2.54. The zero-order valence-electron chi connectivity index (χ0n) is 14.4. The second-order valence-electron chi connectivity index (χ2n) is 6.72. The van der Waals surface area contributed by atoms with E-state index in [1.54, 1.807) is 4.90 Å². The van der Waals surface area contributed by atoms with Gasteiger partial charge >= 0.3 is 12.1 Å². The summed E-state index contributed by atoms with van der Waals surface area (Å²) in [6.07, 6.45) is 4.66. The number of hydrogen-bond acceptors (Lipinski definition) is 4. The van der Waals surface area contributed by atoms with Crippen LogP contribution < -0.4 is 0 Å². The van der Waals surface area contributed by atoms with Crippen molar-refractivity contribution in [3.63, 3.8) is 0 Å². The van der Waals surface area contributed by atoms with E-state index in [1.165, 1.54) is 7.11 Å². The van der Waals surface area contributed by atoms with Crippen LogP contribution in [0.4, 0.5) is 4.79 Å². The van der Waals surface area contributed by atoms with Crippen LogP contribution in [-0.4, -0.2) is 41.5 Å². The molecule has 0 aromatic heterocycles. The van der Waals surface area contributed by atoms with Crippen LogP contribution in [0, 0.1) is 5.41 Å². The maximum atomic E-state index is 12.7. The lowest BCUT2D eigenvalue weighted by atomic mass is 9.65. The molecule has 25 heavy (non-hydrogen) atoms. The van der Waals surface area contributed by atoms with Crippen molar-refractivity contribution in [1.29, 1.82) is 0 Å². The largest absolute Gasteiger partial charge is 0.468 e. The quantitative estimate of drug-likeness (QED) is 0.466. The average molecular weight is 364 g/mol. The summed E-state index contributed by atoms with van der Waals surface area (Å²) in [6, 6.07) is 8.90. The number of piperidine rings is 1. The van der Waals surface area contributed by atoms with Gasteiger partial charge in [0.1, 0.15) is 6.61 Å². The van der Waals surface area contributed by atoms with E-state index in [4.69, 9.17) is 21.1 Å². The normalized spacial score (nSPS) is 30.2. The Kier molecular flexibility index (Phi) is 4.78. The molecule has 0 spiro atoms. The fourth-order valence-corrected chi connectivity index (χ4v) is 4.25. The molecule has 2 aliphatic heterocycles. The zero-order valence-corrected chi connectivity index (χ0v) is 15.2. The van der Waals surface area contributed by atoms with Gasteiger partial charge in [-0.3, -0.25) is 9.69 Å². The SMILES string of the molecule is CC[C@@]12C=C[C@@H](N(C(=O)OCc3ccccc3)C1)[C@](Cl)(C(=O)OC)C2. The molecule has 5 nitrogen and oxygen atoms in total. The minimum absolute atomic E-state index is 0.180. The molecule has 0 N–H and O–H groups in total. The Morgan fingerprint density at radius 3 is 2.68 bits per heavy atom. The van der Waals surface area contributed by atoms with Crippen molar-refractivity contribution in [3.05, 3.63) is 48.0 Å². The third-order valence-corrected chi connectivity index (χ3v) is 5.71. The molecule has 134 valence electrons. The number of alkyl halides is 1. The summed E-state index contributed by atoms with van der Waals surface area (Å²) in [5.41, 5.74) is 0.570. The highest BCUT2D eigenvalue weighted by Crippen LogP contribution is 2.50. The monoisotopic (exact) mass is 363 g/mol. The first-order valence-corrected chi connectivity index (χ1v) is 8.76. The molecule has 3 aliphatic rings. The van der Waals surface area contributed by atoms with Gasteiger partial charge in [0.25, 0.3) is 0 Å². The second-order valence-corrected chi connectivity index (χ2v) is 7.39. The Bertz CT molecular complexity index is 692. The Morgan fingerprint density at radius 1 is 1.32 bits per heavy atom. The summed E-state index contributed by atoms with van der Waals surface area (Å²) in [5, 5.41) is 0. The van der Waals surface area contributed by atoms with Crippen LogP contribution in [0.2, 0.25) is 0 Å². The summed E-state index contributed by atoms with van der Waals surface area (Å²) >= 11 is 6.67. The lowest BCUT2D eigenvalue weighted by Crippen LogP contribution is -2.66. The average Bonchev–Trinajstić information content (AvgIpc) is 2.66. The molecule has 0 saturated carbocycles. The Morgan fingerprint density at radius 2 is 2.04 bits per heavy atom. The van der Waals surface area contributed by atoms with Crippen molar-refractivity contribution < 1.29 is 19.1 Å². The van der Waals surface area contributed by atoms with Gasteiger partial charge in [0, 0.05) is 12.0 Å². The summed E-state index contributed by atoms with van der Waals surface area (Å²) in [4.78, 5) is 25.3. The number of amides is 1. The molecular weight excluding hydrogens is 342 g/mol. The van der Waals surface area contributed by atoms with E-state index in [9.17, 15) is 9.59 Å². The van der Waals surface area contributed by atoms with Gasteiger partial charge in [-0.25, -0.2) is 4.79 Å². The fourth-order valence-electron chi connectivity index (χ4n) is 3.72. The predicted octanol–water partition coefficient (Wildman–Crippen LogP) is 3.51. The molecule has 1 fully saturated rings. The van der Waals surface area contributed by atoms with E-state index >= 15 is 0 Å². The number of rotatable bonds is 4. The van der Waals surface area contributed by atoms with Crippen molar-refractivity contribution in [1.82, 2.24) is 4.90 Å². The Balaban J connectivity index is 1.80. The first-order valence-electron chi connectivity index (χ1n) is 8.38. The maximum absolute atomic E-state index is 12.7. The standard InChI is InChI=1S/C19H22ClNO4/c1-3-18-10-9-15(19(20,12-18)16(22)24-2)21(13-18)17(23)25-11-14-7-5-4-6-8-14/h4-10,15H,3,11-13H2,1-2H3/t15-,18+,19+/m1/s1. The number of fused-ring (bicyclic) bond motifs is 2. The van der Waals surface area contributed by atoms with Crippen molar-refractivity contribution in [2.45, 2.75) is 37.3 Å². The number of carbonyl (C=O) groups excluding carboxylic acids is 2.